The number of nitrogens with zero attached hydrogens (tertiary/aromatic N) is 2. The molecule has 3 heterocycles. The lowest BCUT2D eigenvalue weighted by atomic mass is 9.83. The van der Waals surface area contributed by atoms with Gasteiger partial charge in [0.1, 0.15) is 18.2 Å². The van der Waals surface area contributed by atoms with E-state index in [1.54, 1.807) is 42.1 Å². The Balaban J connectivity index is 1.23. The molecular formula is C31H34F2N3O3S+. The highest BCUT2D eigenvalue weighted by Gasteiger charge is 2.47. The van der Waals surface area contributed by atoms with Gasteiger partial charge in [0.2, 0.25) is 5.91 Å². The van der Waals surface area contributed by atoms with Crippen LogP contribution in [0.5, 0.6) is 0 Å². The van der Waals surface area contributed by atoms with Gasteiger partial charge >= 0.3 is 6.09 Å². The first-order chi connectivity index (χ1) is 19.3. The quantitative estimate of drug-likeness (QED) is 0.238. The molecule has 2 bridgehead atoms. The van der Waals surface area contributed by atoms with Crippen LogP contribution in [0.3, 0.4) is 0 Å². The van der Waals surface area contributed by atoms with E-state index in [2.05, 4.69) is 5.32 Å². The van der Waals surface area contributed by atoms with E-state index in [1.807, 2.05) is 24.3 Å². The molecule has 0 aliphatic carbocycles. The van der Waals surface area contributed by atoms with Crippen LogP contribution in [0.1, 0.15) is 25.3 Å². The van der Waals surface area contributed by atoms with E-state index in [9.17, 15) is 18.4 Å². The van der Waals surface area contributed by atoms with E-state index in [1.165, 1.54) is 30.0 Å². The van der Waals surface area contributed by atoms with Gasteiger partial charge in [-0.05, 0) is 54.1 Å². The summed E-state index contributed by atoms with van der Waals surface area (Å²) in [7, 11) is 0. The summed E-state index contributed by atoms with van der Waals surface area (Å²) in [6.45, 7) is 5.41. The molecule has 6 rings (SSSR count). The van der Waals surface area contributed by atoms with Crippen LogP contribution in [-0.4, -0.2) is 54.5 Å². The monoisotopic (exact) mass is 566 g/mol. The number of halogens is 2. The molecule has 3 aliphatic rings. The lowest BCUT2D eigenvalue weighted by molar-refractivity contribution is -0.943. The molecule has 9 heteroatoms. The zero-order valence-corrected chi connectivity index (χ0v) is 23.3. The fraction of sp³-hybridized carbons (Fsp3) is 0.355. The zero-order chi connectivity index (χ0) is 28.1. The Morgan fingerprint density at radius 2 is 1.70 bits per heavy atom. The first kappa shape index (κ1) is 28.1. The number of thioether (sulfide) groups is 1. The molecule has 1 atom stereocenters. The molecule has 0 spiro atoms. The average molecular weight is 567 g/mol. The number of quaternary nitrogens is 1. The van der Waals surface area contributed by atoms with Gasteiger partial charge < -0.3 is 14.5 Å². The lowest BCUT2D eigenvalue weighted by Gasteiger charge is -2.52. The molecule has 3 saturated heterocycles. The minimum Gasteiger partial charge on any atom is -0.440 e. The number of amides is 2. The maximum Gasteiger partial charge on any atom is 0.415 e. The van der Waals surface area contributed by atoms with Gasteiger partial charge in [-0.2, -0.15) is 0 Å². The van der Waals surface area contributed by atoms with E-state index in [4.69, 9.17) is 4.74 Å². The highest BCUT2D eigenvalue weighted by molar-refractivity contribution is 7.99. The van der Waals surface area contributed by atoms with Crippen molar-refractivity contribution in [1.82, 2.24) is 0 Å². The second-order valence-electron chi connectivity index (χ2n) is 10.7. The number of carbonyl (C=O) groups excluding carboxylic acids is 2. The Morgan fingerprint density at radius 1 is 1.00 bits per heavy atom. The molecule has 1 N–H and O–H groups in total. The molecular weight excluding hydrogens is 532 g/mol. The van der Waals surface area contributed by atoms with Crippen LogP contribution in [0.25, 0.3) is 0 Å². The van der Waals surface area contributed by atoms with Crippen molar-refractivity contribution < 1.29 is 27.6 Å². The molecule has 0 radical (unpaired) electrons. The number of piperidine rings is 3. The van der Waals surface area contributed by atoms with Crippen LogP contribution >= 0.6 is 11.8 Å². The van der Waals surface area contributed by atoms with Crippen molar-refractivity contribution in [3.05, 3.63) is 90.0 Å². The fourth-order valence-corrected chi connectivity index (χ4v) is 6.79. The van der Waals surface area contributed by atoms with E-state index < -0.39 is 11.9 Å². The van der Waals surface area contributed by atoms with Crippen molar-refractivity contribution in [3.63, 3.8) is 0 Å². The number of ether oxygens (including phenoxy) is 1. The summed E-state index contributed by atoms with van der Waals surface area (Å²) >= 11 is 1.78. The summed E-state index contributed by atoms with van der Waals surface area (Å²) in [6, 6.07) is 19.8. The van der Waals surface area contributed by atoms with Crippen molar-refractivity contribution in [2.45, 2.75) is 37.3 Å². The van der Waals surface area contributed by atoms with Crippen molar-refractivity contribution >= 4 is 35.1 Å². The maximum absolute atomic E-state index is 14.8. The molecule has 3 aromatic rings. The number of nitrogens with one attached hydrogen (secondary N) is 1. The predicted molar refractivity (Wildman–Crippen MR) is 153 cm³/mol. The summed E-state index contributed by atoms with van der Waals surface area (Å²) in [5.41, 5.74) is 1.61. The van der Waals surface area contributed by atoms with Gasteiger partial charge in [-0.1, -0.05) is 24.3 Å². The molecule has 2 amide bonds. The summed E-state index contributed by atoms with van der Waals surface area (Å²) in [4.78, 5) is 27.2. The lowest BCUT2D eigenvalue weighted by Crippen LogP contribution is -2.65. The van der Waals surface area contributed by atoms with Crippen LogP contribution in [0.4, 0.5) is 25.0 Å². The standard InChI is InChI=1S/C31H33F2N3O3S/c1-22(37)34-26-10-12-27(13-11-26)40-19-18-36-16-14-24(15-17-36)30(21-36)39-31(38)35(29-5-3-2-4-28(29)33)20-23-6-8-25(32)9-7-23/h2-13,24,30H,14-21H2,1H3/p+1/t24?,30-,36?/m0/s1. The Bertz CT molecular complexity index is 1330. The smallest absolute Gasteiger partial charge is 0.415 e. The SMILES string of the molecule is CC(=O)Nc1ccc(SCC[N+]23CCC(CC2)[C@@H](OC(=O)N(Cc2ccc(F)cc2)c2ccccc2F)C3)cc1. The molecule has 0 unspecified atom stereocenters. The average Bonchev–Trinajstić information content (AvgIpc) is 2.94. The van der Waals surface area contributed by atoms with E-state index in [-0.39, 0.29) is 30.1 Å². The fourth-order valence-electron chi connectivity index (χ4n) is 5.75. The van der Waals surface area contributed by atoms with Crippen LogP contribution < -0.4 is 10.2 Å². The largest absolute Gasteiger partial charge is 0.440 e. The summed E-state index contributed by atoms with van der Waals surface area (Å²) in [6.07, 6.45) is 1.16. The van der Waals surface area contributed by atoms with Crippen LogP contribution in [0.2, 0.25) is 0 Å². The topological polar surface area (TPSA) is 58.6 Å². The van der Waals surface area contributed by atoms with E-state index in [0.717, 1.165) is 59.8 Å². The van der Waals surface area contributed by atoms with Crippen molar-refractivity contribution in [2.75, 3.05) is 42.1 Å². The van der Waals surface area contributed by atoms with Gasteiger partial charge in [-0.3, -0.25) is 9.69 Å². The third-order valence-electron chi connectivity index (χ3n) is 7.92. The van der Waals surface area contributed by atoms with Crippen molar-refractivity contribution in [2.24, 2.45) is 5.92 Å². The number of fused-ring (bicyclic) bond motifs is 3. The molecule has 0 aromatic heterocycles. The summed E-state index contributed by atoms with van der Waals surface area (Å²) in [5.74, 6) is 0.251. The first-order valence-corrected chi connectivity index (χ1v) is 14.6. The van der Waals surface area contributed by atoms with Gasteiger partial charge in [0.05, 0.1) is 31.9 Å². The molecule has 3 aromatic carbocycles. The van der Waals surface area contributed by atoms with E-state index in [0.29, 0.717) is 11.5 Å². The van der Waals surface area contributed by atoms with Gasteiger partial charge in [-0.15, -0.1) is 11.8 Å². The van der Waals surface area contributed by atoms with Gasteiger partial charge in [-0.25, -0.2) is 13.6 Å². The Kier molecular flexibility index (Phi) is 8.71. The predicted octanol–water partition coefficient (Wildman–Crippen LogP) is 6.47. The van der Waals surface area contributed by atoms with Gasteiger partial charge in [0.25, 0.3) is 0 Å². The molecule has 210 valence electrons. The summed E-state index contributed by atoms with van der Waals surface area (Å²) < 4.78 is 35.3. The Labute approximate surface area is 237 Å². The summed E-state index contributed by atoms with van der Waals surface area (Å²) in [5, 5.41) is 2.79. The second kappa shape index (κ2) is 12.4. The van der Waals surface area contributed by atoms with E-state index >= 15 is 0 Å². The highest BCUT2D eigenvalue weighted by atomic mass is 32.2. The van der Waals surface area contributed by atoms with Gasteiger partial charge in [0.15, 0.2) is 6.10 Å². The minimum atomic E-state index is -0.583. The second-order valence-corrected chi connectivity index (χ2v) is 11.8. The number of carbonyl (C=O) groups is 2. The molecule has 0 saturated carbocycles. The minimum absolute atomic E-state index is 0.0782. The number of hydrogen-bond donors (Lipinski definition) is 1. The highest BCUT2D eigenvalue weighted by Crippen LogP contribution is 2.37. The number of anilines is 2. The van der Waals surface area contributed by atoms with Crippen LogP contribution in [-0.2, 0) is 16.1 Å². The molecule has 3 fully saturated rings. The Morgan fingerprint density at radius 3 is 2.38 bits per heavy atom. The zero-order valence-electron chi connectivity index (χ0n) is 22.5. The number of para-hydroxylation sites is 1. The van der Waals surface area contributed by atoms with Crippen molar-refractivity contribution in [1.29, 1.82) is 0 Å². The van der Waals surface area contributed by atoms with Gasteiger partial charge in [0, 0.05) is 42.0 Å². The number of benzene rings is 3. The third kappa shape index (κ3) is 6.82. The molecule has 3 aliphatic heterocycles. The van der Waals surface area contributed by atoms with Crippen molar-refractivity contribution in [3.8, 4) is 0 Å². The maximum atomic E-state index is 14.8. The normalized spacial score (nSPS) is 21.6. The third-order valence-corrected chi connectivity index (χ3v) is 8.91. The molecule has 40 heavy (non-hydrogen) atoms. The number of hydrogen-bond acceptors (Lipinski definition) is 4. The molecule has 6 nitrogen and oxygen atoms in total. The van der Waals surface area contributed by atoms with Crippen LogP contribution in [0.15, 0.2) is 77.7 Å². The first-order valence-electron chi connectivity index (χ1n) is 13.6. The van der Waals surface area contributed by atoms with Crippen LogP contribution in [0, 0.1) is 17.6 Å². The Hall–Kier alpha value is -3.43. The number of rotatable bonds is 9.